The number of carbonyl (C=O) groups is 1. The third kappa shape index (κ3) is 5.18. The fourth-order valence-corrected chi connectivity index (χ4v) is 5.12. The van der Waals surface area contributed by atoms with Gasteiger partial charge in [-0.15, -0.1) is 3.97 Å². The molecule has 4 aromatic rings. The normalized spacial score (nSPS) is 11.3. The Labute approximate surface area is 219 Å². The first-order valence-electron chi connectivity index (χ1n) is 9.75. The monoisotopic (exact) mass is 599 g/mol. The molecule has 0 radical (unpaired) electrons. The van der Waals surface area contributed by atoms with Gasteiger partial charge in [-0.05, 0) is 42.5 Å². The average Bonchev–Trinajstić information content (AvgIpc) is 2.77. The lowest BCUT2D eigenvalue weighted by atomic mass is 10.2. The van der Waals surface area contributed by atoms with Crippen LogP contribution in [0.4, 0.5) is 0 Å². The molecule has 0 aliphatic rings. The number of fused-ring (bicyclic) bond motifs is 1. The molecule has 2 heterocycles. The topological polar surface area (TPSA) is 119 Å². The van der Waals surface area contributed by atoms with E-state index in [2.05, 4.69) is 0 Å². The molecule has 35 heavy (non-hydrogen) atoms. The molecule has 2 aromatic heterocycles. The molecular weight excluding hydrogens is 585 g/mol. The Morgan fingerprint density at radius 1 is 0.971 bits per heavy atom. The van der Waals surface area contributed by atoms with Gasteiger partial charge in [0.2, 0.25) is 12.2 Å². The van der Waals surface area contributed by atoms with Crippen LogP contribution in [0.1, 0.15) is 5.69 Å². The molecule has 0 aliphatic heterocycles. The minimum absolute atomic E-state index is 0. The van der Waals surface area contributed by atoms with Crippen LogP contribution in [0.3, 0.4) is 0 Å². The summed E-state index contributed by atoms with van der Waals surface area (Å²) in [5.74, 6) is -1.10. The Morgan fingerprint density at radius 3 is 2.29 bits per heavy atom. The lowest BCUT2D eigenvalue weighted by molar-refractivity contribution is -0.693. The summed E-state index contributed by atoms with van der Waals surface area (Å²) in [6.07, 6.45) is 1.52. The summed E-state index contributed by atoms with van der Waals surface area (Å²) in [7, 11) is -4.58. The molecule has 0 unspecified atom stereocenters. The molecule has 4 rings (SSSR count). The van der Waals surface area contributed by atoms with Gasteiger partial charge in [-0.2, -0.15) is 4.57 Å². The van der Waals surface area contributed by atoms with Crippen molar-refractivity contribution in [2.75, 3.05) is 0 Å². The maximum Gasteiger partial charge on any atom is 0.370 e. The third-order valence-corrected chi connectivity index (χ3v) is 7.24. The number of nitrogens with zero attached hydrogens (tertiary/aromatic N) is 3. The van der Waals surface area contributed by atoms with Crippen molar-refractivity contribution in [3.8, 4) is 0 Å². The lowest BCUT2D eigenvalue weighted by Crippen LogP contribution is -3.00. The van der Waals surface area contributed by atoms with Crippen LogP contribution in [-0.4, -0.2) is 28.0 Å². The van der Waals surface area contributed by atoms with E-state index in [0.29, 0.717) is 5.69 Å². The van der Waals surface area contributed by atoms with Gasteiger partial charge in [0.15, 0.2) is 6.20 Å². The molecule has 13 heteroatoms. The van der Waals surface area contributed by atoms with Gasteiger partial charge in [0.25, 0.3) is 15.6 Å². The van der Waals surface area contributed by atoms with Crippen molar-refractivity contribution >= 4 is 50.1 Å². The quantitative estimate of drug-likeness (QED) is 0.288. The second kappa shape index (κ2) is 10.3. The molecule has 1 N–H and O–H groups in total. The molecule has 9 nitrogen and oxygen atoms in total. The number of hydrogen-bond acceptors (Lipinski definition) is 5. The first kappa shape index (κ1) is 26.6. The van der Waals surface area contributed by atoms with Gasteiger partial charge in [0.05, 0.1) is 15.8 Å². The van der Waals surface area contributed by atoms with E-state index < -0.39 is 27.2 Å². The van der Waals surface area contributed by atoms with E-state index in [1.165, 1.54) is 53.2 Å². The molecule has 182 valence electrons. The average molecular weight is 601 g/mol. The zero-order valence-corrected chi connectivity index (χ0v) is 21.6. The number of rotatable bonds is 6. The van der Waals surface area contributed by atoms with Gasteiger partial charge in [0.1, 0.15) is 6.54 Å². The first-order chi connectivity index (χ1) is 16.1. The van der Waals surface area contributed by atoms with Crippen LogP contribution >= 0.6 is 23.2 Å². The maximum atomic E-state index is 13.5. The zero-order valence-electron chi connectivity index (χ0n) is 17.6. The van der Waals surface area contributed by atoms with Crippen molar-refractivity contribution < 1.29 is 39.9 Å². The minimum atomic E-state index is -4.58. The summed E-state index contributed by atoms with van der Waals surface area (Å²) in [5.41, 5.74) is -1.66. The second-order valence-electron chi connectivity index (χ2n) is 7.27. The number of hydrogen-bond donors (Lipinski definition) is 1. The van der Waals surface area contributed by atoms with E-state index in [9.17, 15) is 27.9 Å². The summed E-state index contributed by atoms with van der Waals surface area (Å²) in [5, 5.41) is 9.67. The summed E-state index contributed by atoms with van der Waals surface area (Å²) >= 11 is 11.9. The van der Waals surface area contributed by atoms with Crippen molar-refractivity contribution in [2.45, 2.75) is 18.0 Å². The van der Waals surface area contributed by atoms with Crippen LogP contribution in [0.15, 0.2) is 81.3 Å². The van der Waals surface area contributed by atoms with Crippen LogP contribution in [-0.2, 0) is 27.9 Å². The van der Waals surface area contributed by atoms with Crippen LogP contribution in [0.2, 0.25) is 10.0 Å². The number of aromatic nitrogens is 3. The van der Waals surface area contributed by atoms with Gasteiger partial charge >= 0.3 is 11.7 Å². The molecule has 0 spiro atoms. The highest BCUT2D eigenvalue weighted by atomic mass is 79.9. The van der Waals surface area contributed by atoms with Crippen molar-refractivity contribution in [1.82, 2.24) is 8.54 Å². The van der Waals surface area contributed by atoms with E-state index in [0.717, 1.165) is 4.57 Å². The second-order valence-corrected chi connectivity index (χ2v) is 9.93. The fourth-order valence-electron chi connectivity index (χ4n) is 3.51. The number of aliphatic carboxylic acids is 1. The maximum absolute atomic E-state index is 13.5. The largest absolute Gasteiger partial charge is 1.00 e. The summed E-state index contributed by atoms with van der Waals surface area (Å²) in [4.78, 5) is 37.6. The standard InChI is InChI=1S/C22H15Cl2N3O6S.BrH/c23-14-4-7-17(8-5-14)34(32,33)27-21(30)18-9-6-15(24)11-19(18)26(22(27)31)12-16-3-1-2-10-25(16)13-20(28)29;/h1-11H,12-13H2;1H. The number of pyridine rings is 1. The molecule has 0 aliphatic carbocycles. The molecule has 0 amide bonds. The predicted octanol–water partition coefficient (Wildman–Crippen LogP) is -0.869. The molecular formula is C22H16BrCl2N3O6S. The van der Waals surface area contributed by atoms with Gasteiger partial charge < -0.3 is 22.1 Å². The number of carboxylic acids is 1. The Bertz CT molecular complexity index is 1670. The van der Waals surface area contributed by atoms with Crippen molar-refractivity contribution in [3.05, 3.63) is 103 Å². The number of benzene rings is 2. The molecule has 0 saturated heterocycles. The molecule has 0 bridgehead atoms. The van der Waals surface area contributed by atoms with E-state index in [-0.39, 0.29) is 59.9 Å². The predicted molar refractivity (Wildman–Crippen MR) is 125 cm³/mol. The smallest absolute Gasteiger partial charge is 0.370 e. The molecule has 0 saturated carbocycles. The van der Waals surface area contributed by atoms with E-state index in [1.54, 1.807) is 18.2 Å². The van der Waals surface area contributed by atoms with Crippen molar-refractivity contribution in [3.63, 3.8) is 0 Å². The summed E-state index contributed by atoms with van der Waals surface area (Å²) in [6, 6.07) is 14.0. The number of carboxylic acid groups (broad SMARTS) is 1. The summed E-state index contributed by atoms with van der Waals surface area (Å²) < 4.78 is 29.3. The third-order valence-electron chi connectivity index (χ3n) is 5.08. The van der Waals surface area contributed by atoms with E-state index in [4.69, 9.17) is 23.2 Å². The molecule has 2 aromatic carbocycles. The van der Waals surface area contributed by atoms with Gasteiger partial charge in [-0.25, -0.2) is 18.0 Å². The first-order valence-corrected chi connectivity index (χ1v) is 11.9. The van der Waals surface area contributed by atoms with Gasteiger partial charge in [-0.3, -0.25) is 9.36 Å². The van der Waals surface area contributed by atoms with Crippen molar-refractivity contribution in [2.24, 2.45) is 0 Å². The van der Waals surface area contributed by atoms with Crippen LogP contribution in [0.25, 0.3) is 10.9 Å². The van der Waals surface area contributed by atoms with Gasteiger partial charge in [-0.1, -0.05) is 29.3 Å². The van der Waals surface area contributed by atoms with Crippen molar-refractivity contribution in [1.29, 1.82) is 0 Å². The highest BCUT2D eigenvalue weighted by Crippen LogP contribution is 2.19. The Kier molecular flexibility index (Phi) is 7.85. The van der Waals surface area contributed by atoms with Crippen LogP contribution in [0.5, 0.6) is 0 Å². The van der Waals surface area contributed by atoms with E-state index >= 15 is 0 Å². The molecule has 0 atom stereocenters. The van der Waals surface area contributed by atoms with E-state index in [1.807, 2.05) is 0 Å². The highest BCUT2D eigenvalue weighted by molar-refractivity contribution is 7.90. The molecule has 0 fully saturated rings. The lowest BCUT2D eigenvalue weighted by Gasteiger charge is -2.14. The van der Waals surface area contributed by atoms with Crippen LogP contribution in [0, 0.1) is 0 Å². The Balaban J connectivity index is 0.00000342. The summed E-state index contributed by atoms with van der Waals surface area (Å²) in [6.45, 7) is -0.605. The zero-order chi connectivity index (χ0) is 24.6. The van der Waals surface area contributed by atoms with Crippen LogP contribution < -0.4 is 32.8 Å². The Hall–Kier alpha value is -2.99. The number of halogens is 3. The fraction of sp³-hybridized carbons (Fsp3) is 0.0909. The highest BCUT2D eigenvalue weighted by Gasteiger charge is 2.26. The van der Waals surface area contributed by atoms with Gasteiger partial charge in [0, 0.05) is 22.2 Å². The Morgan fingerprint density at radius 2 is 1.63 bits per heavy atom. The SMILES string of the molecule is O=C(O)C[n+]1ccccc1Cn1c(=O)n(S(=O)(=O)c2ccc(Cl)cc2)c(=O)c2ccc(Cl)cc21.[Br-]. The minimum Gasteiger partial charge on any atom is -1.00 e.